The molecule has 0 spiro atoms. The second kappa shape index (κ2) is 9.62. The average Bonchev–Trinajstić information content (AvgIpc) is 2.69. The van der Waals surface area contributed by atoms with E-state index in [1.807, 2.05) is 12.1 Å². The number of rotatable bonds is 6. The molecule has 5 nitrogen and oxygen atoms in total. The van der Waals surface area contributed by atoms with Crippen LogP contribution in [0, 0.1) is 0 Å². The third-order valence-corrected chi connectivity index (χ3v) is 4.78. The molecule has 0 aliphatic carbocycles. The van der Waals surface area contributed by atoms with Gasteiger partial charge in [0.05, 0.1) is 0 Å². The van der Waals surface area contributed by atoms with Crippen molar-refractivity contribution < 1.29 is 14.3 Å². The lowest BCUT2D eigenvalue weighted by molar-refractivity contribution is -0.128. The lowest BCUT2D eigenvalue weighted by atomic mass is 10.1. The Kier molecular flexibility index (Phi) is 6.95. The molecular formula is C21H20Cl2N2O3. The zero-order valence-electron chi connectivity index (χ0n) is 15.1. The van der Waals surface area contributed by atoms with Gasteiger partial charge in [-0.05, 0) is 54.8 Å². The summed E-state index contributed by atoms with van der Waals surface area (Å²) in [7, 11) is 0. The van der Waals surface area contributed by atoms with E-state index in [0.717, 1.165) is 12.0 Å². The summed E-state index contributed by atoms with van der Waals surface area (Å²) in [6, 6.07) is 12.1. The SMILES string of the molecule is O=C(/C=C/c1cc(Cl)ccc1OCc1ccc(Cl)cc1)N[C@H]1CCCNC1=O. The molecule has 0 unspecified atom stereocenters. The molecule has 1 fully saturated rings. The van der Waals surface area contributed by atoms with E-state index < -0.39 is 6.04 Å². The Hall–Kier alpha value is -2.50. The van der Waals surface area contributed by atoms with Crippen LogP contribution < -0.4 is 15.4 Å². The maximum atomic E-state index is 12.2. The van der Waals surface area contributed by atoms with Crippen LogP contribution in [0.4, 0.5) is 0 Å². The number of hydrogen-bond donors (Lipinski definition) is 2. The van der Waals surface area contributed by atoms with Crippen LogP contribution in [-0.2, 0) is 16.2 Å². The number of ether oxygens (including phenoxy) is 1. The van der Waals surface area contributed by atoms with Gasteiger partial charge in [-0.25, -0.2) is 0 Å². The van der Waals surface area contributed by atoms with E-state index in [-0.39, 0.29) is 11.8 Å². The molecule has 2 amide bonds. The molecule has 1 heterocycles. The van der Waals surface area contributed by atoms with Crippen LogP contribution in [0.1, 0.15) is 24.0 Å². The third kappa shape index (κ3) is 5.75. The average molecular weight is 419 g/mol. The lowest BCUT2D eigenvalue weighted by Gasteiger charge is -2.22. The monoisotopic (exact) mass is 418 g/mol. The molecule has 3 rings (SSSR count). The van der Waals surface area contributed by atoms with Gasteiger partial charge in [0.1, 0.15) is 18.4 Å². The Labute approximate surface area is 173 Å². The predicted octanol–water partition coefficient (Wildman–Crippen LogP) is 3.98. The van der Waals surface area contributed by atoms with E-state index in [0.29, 0.717) is 40.9 Å². The van der Waals surface area contributed by atoms with Crippen molar-refractivity contribution in [3.8, 4) is 5.75 Å². The summed E-state index contributed by atoms with van der Waals surface area (Å²) in [5.41, 5.74) is 1.64. The van der Waals surface area contributed by atoms with E-state index in [2.05, 4.69) is 10.6 Å². The summed E-state index contributed by atoms with van der Waals surface area (Å²) in [6.07, 6.45) is 4.48. The maximum Gasteiger partial charge on any atom is 0.244 e. The number of benzene rings is 2. The molecule has 28 heavy (non-hydrogen) atoms. The molecule has 1 aliphatic heterocycles. The van der Waals surface area contributed by atoms with Crippen LogP contribution in [-0.4, -0.2) is 24.4 Å². The zero-order valence-corrected chi connectivity index (χ0v) is 16.6. The van der Waals surface area contributed by atoms with Crippen molar-refractivity contribution >= 4 is 41.1 Å². The van der Waals surface area contributed by atoms with E-state index in [1.54, 1.807) is 36.4 Å². The molecule has 0 bridgehead atoms. The zero-order chi connectivity index (χ0) is 19.9. The van der Waals surface area contributed by atoms with Gasteiger partial charge in [-0.15, -0.1) is 0 Å². The molecule has 7 heteroatoms. The fourth-order valence-corrected chi connectivity index (χ4v) is 3.12. The highest BCUT2D eigenvalue weighted by Crippen LogP contribution is 2.25. The predicted molar refractivity (Wildman–Crippen MR) is 110 cm³/mol. The van der Waals surface area contributed by atoms with Crippen LogP contribution in [0.5, 0.6) is 5.75 Å². The summed E-state index contributed by atoms with van der Waals surface area (Å²) in [4.78, 5) is 23.9. The van der Waals surface area contributed by atoms with Crippen molar-refractivity contribution in [2.24, 2.45) is 0 Å². The maximum absolute atomic E-state index is 12.2. The highest BCUT2D eigenvalue weighted by molar-refractivity contribution is 6.31. The van der Waals surface area contributed by atoms with Gasteiger partial charge < -0.3 is 15.4 Å². The van der Waals surface area contributed by atoms with Gasteiger partial charge in [0.15, 0.2) is 0 Å². The van der Waals surface area contributed by atoms with E-state index >= 15 is 0 Å². The van der Waals surface area contributed by atoms with Crippen molar-refractivity contribution in [3.63, 3.8) is 0 Å². The summed E-state index contributed by atoms with van der Waals surface area (Å²) in [6.45, 7) is 1.01. The number of nitrogens with one attached hydrogen (secondary N) is 2. The van der Waals surface area contributed by atoms with Gasteiger partial charge in [0, 0.05) is 28.2 Å². The van der Waals surface area contributed by atoms with Crippen LogP contribution in [0.25, 0.3) is 6.08 Å². The van der Waals surface area contributed by atoms with Crippen molar-refractivity contribution in [2.45, 2.75) is 25.5 Å². The van der Waals surface area contributed by atoms with E-state index in [1.165, 1.54) is 6.08 Å². The van der Waals surface area contributed by atoms with Gasteiger partial charge in [0.2, 0.25) is 11.8 Å². The number of carbonyl (C=O) groups excluding carboxylic acids is 2. The van der Waals surface area contributed by atoms with Crippen LogP contribution in [0.15, 0.2) is 48.5 Å². The van der Waals surface area contributed by atoms with Gasteiger partial charge in [-0.2, -0.15) is 0 Å². The number of piperidine rings is 1. The first-order valence-electron chi connectivity index (χ1n) is 8.94. The number of hydrogen-bond acceptors (Lipinski definition) is 3. The highest BCUT2D eigenvalue weighted by Gasteiger charge is 2.22. The van der Waals surface area contributed by atoms with E-state index in [4.69, 9.17) is 27.9 Å². The van der Waals surface area contributed by atoms with Crippen LogP contribution in [0.2, 0.25) is 10.0 Å². The topological polar surface area (TPSA) is 67.4 Å². The minimum Gasteiger partial charge on any atom is -0.488 e. The van der Waals surface area contributed by atoms with Crippen molar-refractivity contribution in [1.29, 1.82) is 0 Å². The summed E-state index contributed by atoms with van der Waals surface area (Å²) in [5, 5.41) is 6.65. The Morgan fingerprint density at radius 2 is 1.93 bits per heavy atom. The lowest BCUT2D eigenvalue weighted by Crippen LogP contribution is -2.49. The second-order valence-corrected chi connectivity index (χ2v) is 7.30. The molecule has 146 valence electrons. The molecule has 0 saturated carbocycles. The highest BCUT2D eigenvalue weighted by atomic mass is 35.5. The molecule has 1 atom stereocenters. The second-order valence-electron chi connectivity index (χ2n) is 6.43. The smallest absolute Gasteiger partial charge is 0.244 e. The van der Waals surface area contributed by atoms with Crippen LogP contribution in [0.3, 0.4) is 0 Å². The molecule has 2 aromatic carbocycles. The van der Waals surface area contributed by atoms with Crippen molar-refractivity contribution in [3.05, 3.63) is 69.7 Å². The van der Waals surface area contributed by atoms with Gasteiger partial charge >= 0.3 is 0 Å². The minimum atomic E-state index is -0.495. The first kappa shape index (κ1) is 20.2. The molecule has 0 aromatic heterocycles. The molecule has 1 aliphatic rings. The molecule has 0 radical (unpaired) electrons. The Morgan fingerprint density at radius 1 is 1.18 bits per heavy atom. The number of amides is 2. The van der Waals surface area contributed by atoms with Gasteiger partial charge in [-0.3, -0.25) is 9.59 Å². The molecular weight excluding hydrogens is 399 g/mol. The number of halogens is 2. The Balaban J connectivity index is 1.65. The molecule has 2 aromatic rings. The fraction of sp³-hybridized carbons (Fsp3) is 0.238. The van der Waals surface area contributed by atoms with E-state index in [9.17, 15) is 9.59 Å². The largest absolute Gasteiger partial charge is 0.488 e. The summed E-state index contributed by atoms with van der Waals surface area (Å²) < 4.78 is 5.87. The summed E-state index contributed by atoms with van der Waals surface area (Å²) in [5.74, 6) is 0.104. The van der Waals surface area contributed by atoms with Gasteiger partial charge in [-0.1, -0.05) is 35.3 Å². The molecule has 1 saturated heterocycles. The fourth-order valence-electron chi connectivity index (χ4n) is 2.82. The normalized spacial score (nSPS) is 16.6. The van der Waals surface area contributed by atoms with Crippen molar-refractivity contribution in [2.75, 3.05) is 6.54 Å². The molecule has 2 N–H and O–H groups in total. The standard InChI is InChI=1S/C21H20Cl2N2O3/c22-16-6-3-14(4-7-16)13-28-19-9-8-17(23)12-15(19)5-10-20(26)25-18-2-1-11-24-21(18)27/h3-10,12,18H,1-2,11,13H2,(H,24,27)(H,25,26)/b10-5+/t18-/m0/s1. The minimum absolute atomic E-state index is 0.150. The Morgan fingerprint density at radius 3 is 2.68 bits per heavy atom. The number of carbonyl (C=O) groups is 2. The van der Waals surface area contributed by atoms with Crippen molar-refractivity contribution in [1.82, 2.24) is 10.6 Å². The van der Waals surface area contributed by atoms with Crippen LogP contribution >= 0.6 is 23.2 Å². The first-order valence-corrected chi connectivity index (χ1v) is 9.70. The van der Waals surface area contributed by atoms with Gasteiger partial charge in [0.25, 0.3) is 0 Å². The summed E-state index contributed by atoms with van der Waals surface area (Å²) >= 11 is 12.0. The quantitative estimate of drug-likeness (QED) is 0.697. The third-order valence-electron chi connectivity index (χ3n) is 4.30. The first-order chi connectivity index (χ1) is 13.5. The Bertz CT molecular complexity index is 882.